The Morgan fingerprint density at radius 3 is 2.35 bits per heavy atom. The number of cyclic esters (lactones) is 1. The maximum atomic E-state index is 13.9. The Morgan fingerprint density at radius 1 is 1.05 bits per heavy atom. The summed E-state index contributed by atoms with van der Waals surface area (Å²) in [4.78, 5) is 17.0. The van der Waals surface area contributed by atoms with Gasteiger partial charge in [-0.3, -0.25) is 9.78 Å². The van der Waals surface area contributed by atoms with E-state index in [9.17, 15) is 14.3 Å². The summed E-state index contributed by atoms with van der Waals surface area (Å²) in [5.74, 6) is 0.239. The zero-order chi connectivity index (χ0) is 26.5. The van der Waals surface area contributed by atoms with Gasteiger partial charge in [-0.15, -0.1) is 0 Å². The number of aliphatic hydroxyl groups excluding tert-OH is 1. The number of aromatic nitrogens is 1. The molecule has 1 saturated heterocycles. The molecule has 0 aliphatic carbocycles. The number of esters is 1. The second-order valence-electron chi connectivity index (χ2n) is 10.0. The Kier molecular flexibility index (Phi) is 8.39. The standard InChI is InChI=1S/C31H34FNO4/c1-19(2)30-26(15-14-25-16-23(34)17-28(35)37-25)29(21-10-12-22(32)13-11-21)27(31(33-30)20(3)4)18-36-24-8-6-5-7-9-24/h5-15,19-20,23,25,34H,16-18H2,1-4H3. The third kappa shape index (κ3) is 6.44. The number of halogens is 1. The largest absolute Gasteiger partial charge is 0.489 e. The van der Waals surface area contributed by atoms with Crippen LogP contribution in [0, 0.1) is 5.82 Å². The van der Waals surface area contributed by atoms with Crippen LogP contribution in [0.1, 0.15) is 74.9 Å². The minimum atomic E-state index is -0.728. The molecule has 37 heavy (non-hydrogen) atoms. The average Bonchev–Trinajstić information content (AvgIpc) is 2.86. The average molecular weight is 504 g/mol. The Balaban J connectivity index is 1.90. The Labute approximate surface area is 218 Å². The second-order valence-corrected chi connectivity index (χ2v) is 10.0. The van der Waals surface area contributed by atoms with Gasteiger partial charge in [0, 0.05) is 17.5 Å². The molecule has 2 aromatic carbocycles. The van der Waals surface area contributed by atoms with Crippen molar-refractivity contribution in [3.8, 4) is 16.9 Å². The molecule has 5 nitrogen and oxygen atoms in total. The lowest BCUT2D eigenvalue weighted by Gasteiger charge is -2.25. The zero-order valence-corrected chi connectivity index (χ0v) is 21.8. The number of hydrogen-bond donors (Lipinski definition) is 1. The van der Waals surface area contributed by atoms with Crippen molar-refractivity contribution < 1.29 is 23.8 Å². The molecule has 2 heterocycles. The number of carbonyl (C=O) groups is 1. The molecule has 1 aromatic heterocycles. The number of hydrogen-bond acceptors (Lipinski definition) is 5. The molecule has 0 amide bonds. The molecule has 4 rings (SSSR count). The molecule has 3 aromatic rings. The van der Waals surface area contributed by atoms with Crippen LogP contribution in [-0.2, 0) is 16.1 Å². The first kappa shape index (κ1) is 26.6. The molecular weight excluding hydrogens is 469 g/mol. The van der Waals surface area contributed by atoms with Crippen molar-refractivity contribution in [2.45, 2.75) is 71.2 Å². The van der Waals surface area contributed by atoms with Crippen LogP contribution in [0.15, 0.2) is 60.7 Å². The van der Waals surface area contributed by atoms with Crippen LogP contribution in [0.25, 0.3) is 17.2 Å². The van der Waals surface area contributed by atoms with Crippen molar-refractivity contribution in [3.63, 3.8) is 0 Å². The van der Waals surface area contributed by atoms with Crippen LogP contribution in [0.4, 0.5) is 4.39 Å². The van der Waals surface area contributed by atoms with Gasteiger partial charge in [-0.1, -0.05) is 64.1 Å². The first-order valence-electron chi connectivity index (χ1n) is 12.8. The Morgan fingerprint density at radius 2 is 1.73 bits per heavy atom. The van der Waals surface area contributed by atoms with E-state index in [1.54, 1.807) is 12.1 Å². The van der Waals surface area contributed by atoms with Crippen molar-refractivity contribution in [3.05, 3.63) is 89.0 Å². The van der Waals surface area contributed by atoms with Gasteiger partial charge in [0.25, 0.3) is 0 Å². The molecule has 0 spiro atoms. The highest BCUT2D eigenvalue weighted by atomic mass is 19.1. The SMILES string of the molecule is CC(C)c1nc(C(C)C)c(COc2ccccc2)c(-c2ccc(F)cc2)c1C=CC1CC(O)CC(=O)O1. The van der Waals surface area contributed by atoms with Gasteiger partial charge in [-0.05, 0) is 53.3 Å². The first-order valence-corrected chi connectivity index (χ1v) is 12.8. The van der Waals surface area contributed by atoms with Crippen LogP contribution in [0.3, 0.4) is 0 Å². The van der Waals surface area contributed by atoms with Crippen molar-refractivity contribution in [1.29, 1.82) is 0 Å². The van der Waals surface area contributed by atoms with Crippen LogP contribution < -0.4 is 4.74 Å². The molecule has 194 valence electrons. The fraction of sp³-hybridized carbons (Fsp3) is 0.355. The van der Waals surface area contributed by atoms with Gasteiger partial charge in [0.15, 0.2) is 0 Å². The predicted octanol–water partition coefficient (Wildman–Crippen LogP) is 6.79. The van der Waals surface area contributed by atoms with E-state index >= 15 is 0 Å². The number of carbonyl (C=O) groups excluding carboxylic acids is 1. The van der Waals surface area contributed by atoms with E-state index in [2.05, 4.69) is 27.7 Å². The Hall–Kier alpha value is -3.51. The minimum absolute atomic E-state index is 0.00796. The summed E-state index contributed by atoms with van der Waals surface area (Å²) in [5.41, 5.74) is 5.38. The quantitative estimate of drug-likeness (QED) is 0.343. The van der Waals surface area contributed by atoms with E-state index in [-0.39, 0.29) is 30.7 Å². The molecule has 1 aliphatic rings. The van der Waals surface area contributed by atoms with E-state index in [0.29, 0.717) is 6.42 Å². The van der Waals surface area contributed by atoms with Gasteiger partial charge in [0.05, 0.1) is 23.9 Å². The lowest BCUT2D eigenvalue weighted by Crippen LogP contribution is -2.31. The molecule has 1 aliphatic heterocycles. The summed E-state index contributed by atoms with van der Waals surface area (Å²) >= 11 is 0. The third-order valence-electron chi connectivity index (χ3n) is 6.42. The second kappa shape index (κ2) is 11.7. The monoisotopic (exact) mass is 503 g/mol. The topological polar surface area (TPSA) is 68.7 Å². The molecule has 1 N–H and O–H groups in total. The number of aliphatic hydroxyl groups is 1. The van der Waals surface area contributed by atoms with Gasteiger partial charge in [-0.25, -0.2) is 4.39 Å². The van der Waals surface area contributed by atoms with Gasteiger partial charge in [0.1, 0.15) is 24.3 Å². The van der Waals surface area contributed by atoms with Crippen LogP contribution >= 0.6 is 0 Å². The summed E-state index contributed by atoms with van der Waals surface area (Å²) in [6.45, 7) is 8.66. The summed E-state index contributed by atoms with van der Waals surface area (Å²) in [6.07, 6.45) is 2.82. The molecule has 0 saturated carbocycles. The van der Waals surface area contributed by atoms with Crippen molar-refractivity contribution in [1.82, 2.24) is 4.98 Å². The maximum Gasteiger partial charge on any atom is 0.309 e. The molecule has 2 atom stereocenters. The third-order valence-corrected chi connectivity index (χ3v) is 6.42. The number of pyridine rings is 1. The van der Waals surface area contributed by atoms with Crippen molar-refractivity contribution in [2.75, 3.05) is 0 Å². The summed E-state index contributed by atoms with van der Waals surface area (Å²) in [7, 11) is 0. The van der Waals surface area contributed by atoms with E-state index < -0.39 is 18.2 Å². The van der Waals surface area contributed by atoms with E-state index in [1.807, 2.05) is 42.5 Å². The van der Waals surface area contributed by atoms with E-state index in [4.69, 9.17) is 14.5 Å². The van der Waals surface area contributed by atoms with E-state index in [0.717, 1.165) is 39.4 Å². The number of para-hydroxylation sites is 1. The molecule has 0 radical (unpaired) electrons. The van der Waals surface area contributed by atoms with Gasteiger partial charge in [-0.2, -0.15) is 0 Å². The smallest absolute Gasteiger partial charge is 0.309 e. The molecule has 2 unspecified atom stereocenters. The maximum absolute atomic E-state index is 13.9. The highest BCUT2D eigenvalue weighted by Crippen LogP contribution is 2.38. The predicted molar refractivity (Wildman–Crippen MR) is 143 cm³/mol. The molecule has 6 heteroatoms. The fourth-order valence-electron chi connectivity index (χ4n) is 4.66. The minimum Gasteiger partial charge on any atom is -0.489 e. The highest BCUT2D eigenvalue weighted by molar-refractivity contribution is 5.80. The van der Waals surface area contributed by atoms with Crippen molar-refractivity contribution >= 4 is 12.0 Å². The zero-order valence-electron chi connectivity index (χ0n) is 21.8. The van der Waals surface area contributed by atoms with Gasteiger partial charge >= 0.3 is 5.97 Å². The van der Waals surface area contributed by atoms with Crippen LogP contribution in [-0.4, -0.2) is 28.3 Å². The Bertz CT molecular complexity index is 1250. The first-order chi connectivity index (χ1) is 17.7. The van der Waals surface area contributed by atoms with E-state index in [1.165, 1.54) is 12.1 Å². The lowest BCUT2D eigenvalue weighted by molar-refractivity contribution is -0.156. The van der Waals surface area contributed by atoms with Crippen LogP contribution in [0.2, 0.25) is 0 Å². The number of rotatable bonds is 8. The number of benzene rings is 2. The molecule has 1 fully saturated rings. The summed E-state index contributed by atoms with van der Waals surface area (Å²) in [6, 6.07) is 16.1. The highest BCUT2D eigenvalue weighted by Gasteiger charge is 2.27. The van der Waals surface area contributed by atoms with Gasteiger partial charge in [0.2, 0.25) is 0 Å². The van der Waals surface area contributed by atoms with Gasteiger partial charge < -0.3 is 14.6 Å². The normalized spacial score (nSPS) is 18.0. The van der Waals surface area contributed by atoms with Crippen LogP contribution in [0.5, 0.6) is 5.75 Å². The van der Waals surface area contributed by atoms with Crippen molar-refractivity contribution in [2.24, 2.45) is 0 Å². The molecular formula is C31H34FNO4. The lowest BCUT2D eigenvalue weighted by atomic mass is 9.87. The summed E-state index contributed by atoms with van der Waals surface area (Å²) < 4.78 is 25.6. The number of ether oxygens (including phenoxy) is 2. The summed E-state index contributed by atoms with van der Waals surface area (Å²) in [5, 5.41) is 10.1. The molecule has 0 bridgehead atoms. The number of nitrogens with zero attached hydrogens (tertiary/aromatic N) is 1. The fourth-order valence-corrected chi connectivity index (χ4v) is 4.66.